The summed E-state index contributed by atoms with van der Waals surface area (Å²) in [5.74, 6) is 0. The summed E-state index contributed by atoms with van der Waals surface area (Å²) in [5.41, 5.74) is 3.46. The normalized spacial score (nSPS) is 17.8. The lowest BCUT2D eigenvalue weighted by molar-refractivity contribution is 0.00780. The minimum atomic E-state index is -4.59. The summed E-state index contributed by atoms with van der Waals surface area (Å²) in [6.07, 6.45) is 0.0727. The Hall–Kier alpha value is -0.210. The van der Waals surface area contributed by atoms with Crippen LogP contribution in [-0.4, -0.2) is 30.4 Å². The van der Waals surface area contributed by atoms with Crippen LogP contribution >= 0.6 is 0 Å². The van der Waals surface area contributed by atoms with E-state index in [0.717, 1.165) is 0 Å². The van der Waals surface area contributed by atoms with Crippen molar-refractivity contribution in [2.75, 3.05) is 6.61 Å². The van der Waals surface area contributed by atoms with Crippen LogP contribution in [0.25, 0.3) is 0 Å². The SMILES string of the molecule is CCC(N)(CO)OS(=O)(=O)O. The van der Waals surface area contributed by atoms with Gasteiger partial charge >= 0.3 is 10.4 Å². The second-order valence-corrected chi connectivity index (χ2v) is 3.11. The average molecular weight is 185 g/mol. The van der Waals surface area contributed by atoms with Crippen molar-refractivity contribution in [3.8, 4) is 0 Å². The Kier molecular flexibility index (Phi) is 3.39. The molecule has 0 rings (SSSR count). The molecule has 0 aromatic carbocycles. The number of aliphatic hydroxyl groups excluding tert-OH is 1. The zero-order valence-corrected chi connectivity index (χ0v) is 6.84. The zero-order chi connectivity index (χ0) is 9.12. The van der Waals surface area contributed by atoms with Crippen molar-refractivity contribution < 1.29 is 22.3 Å². The molecule has 6 nitrogen and oxygen atoms in total. The molecular weight excluding hydrogens is 174 g/mol. The Balaban J connectivity index is 4.32. The molecule has 0 spiro atoms. The summed E-state index contributed by atoms with van der Waals surface area (Å²) in [4.78, 5) is 0. The molecule has 0 saturated heterocycles. The highest BCUT2D eigenvalue weighted by atomic mass is 32.3. The van der Waals surface area contributed by atoms with E-state index < -0.39 is 22.7 Å². The summed E-state index contributed by atoms with van der Waals surface area (Å²) in [6, 6.07) is 0. The lowest BCUT2D eigenvalue weighted by atomic mass is 10.2. The molecule has 0 radical (unpaired) electrons. The molecule has 0 aliphatic carbocycles. The second-order valence-electron chi connectivity index (χ2n) is 2.09. The van der Waals surface area contributed by atoms with E-state index in [4.69, 9.17) is 15.4 Å². The van der Waals surface area contributed by atoms with E-state index in [-0.39, 0.29) is 6.42 Å². The average Bonchev–Trinajstić information content (AvgIpc) is 1.84. The van der Waals surface area contributed by atoms with Crippen molar-refractivity contribution in [2.45, 2.75) is 19.1 Å². The molecular formula is C4H11NO5S. The highest BCUT2D eigenvalue weighted by molar-refractivity contribution is 7.80. The van der Waals surface area contributed by atoms with E-state index >= 15 is 0 Å². The first-order chi connectivity index (χ1) is 4.83. The quantitative estimate of drug-likeness (QED) is 0.377. The smallest absolute Gasteiger partial charge is 0.392 e. The van der Waals surface area contributed by atoms with Gasteiger partial charge in [-0.3, -0.25) is 4.55 Å². The summed E-state index contributed by atoms with van der Waals surface area (Å²) in [5, 5.41) is 8.52. The lowest BCUT2D eigenvalue weighted by Gasteiger charge is -2.22. The van der Waals surface area contributed by atoms with Crippen LogP contribution in [0.5, 0.6) is 0 Å². The molecule has 7 heteroatoms. The van der Waals surface area contributed by atoms with Gasteiger partial charge in [0.2, 0.25) is 0 Å². The van der Waals surface area contributed by atoms with Gasteiger partial charge in [-0.25, -0.2) is 4.18 Å². The monoisotopic (exact) mass is 185 g/mol. The van der Waals surface area contributed by atoms with Crippen molar-refractivity contribution in [1.82, 2.24) is 0 Å². The molecule has 68 valence electrons. The van der Waals surface area contributed by atoms with E-state index in [1.807, 2.05) is 0 Å². The first kappa shape index (κ1) is 10.8. The summed E-state index contributed by atoms with van der Waals surface area (Å²) in [6.45, 7) is 0.838. The van der Waals surface area contributed by atoms with E-state index in [1.165, 1.54) is 6.92 Å². The van der Waals surface area contributed by atoms with Gasteiger partial charge < -0.3 is 10.8 Å². The van der Waals surface area contributed by atoms with Gasteiger partial charge in [-0.2, -0.15) is 8.42 Å². The van der Waals surface area contributed by atoms with E-state index in [0.29, 0.717) is 0 Å². The van der Waals surface area contributed by atoms with Gasteiger partial charge in [0.05, 0.1) is 6.61 Å². The Bertz CT molecular complexity index is 207. The summed E-state index contributed by atoms with van der Waals surface area (Å²) >= 11 is 0. The Morgan fingerprint density at radius 2 is 2.09 bits per heavy atom. The first-order valence-corrected chi connectivity index (χ1v) is 4.27. The molecule has 0 bridgehead atoms. The third-order valence-corrected chi connectivity index (χ3v) is 1.68. The fourth-order valence-corrected chi connectivity index (χ4v) is 0.997. The third-order valence-electron chi connectivity index (χ3n) is 1.14. The van der Waals surface area contributed by atoms with E-state index in [9.17, 15) is 8.42 Å². The summed E-state index contributed by atoms with van der Waals surface area (Å²) in [7, 11) is -4.59. The van der Waals surface area contributed by atoms with Gasteiger partial charge in [-0.1, -0.05) is 6.92 Å². The maximum Gasteiger partial charge on any atom is 0.399 e. The van der Waals surface area contributed by atoms with E-state index in [2.05, 4.69) is 4.18 Å². The van der Waals surface area contributed by atoms with Crippen molar-refractivity contribution in [2.24, 2.45) is 5.73 Å². The highest BCUT2D eigenvalue weighted by Crippen LogP contribution is 2.09. The molecule has 4 N–H and O–H groups in total. The molecule has 0 heterocycles. The molecule has 0 aliphatic heterocycles. The van der Waals surface area contributed by atoms with E-state index in [1.54, 1.807) is 0 Å². The number of rotatable bonds is 4. The van der Waals surface area contributed by atoms with Gasteiger partial charge in [0, 0.05) is 0 Å². The van der Waals surface area contributed by atoms with Crippen LogP contribution < -0.4 is 5.73 Å². The fourth-order valence-electron chi connectivity index (χ4n) is 0.407. The highest BCUT2D eigenvalue weighted by Gasteiger charge is 2.28. The minimum Gasteiger partial charge on any atom is -0.392 e. The third kappa shape index (κ3) is 4.27. The number of aliphatic hydroxyl groups is 1. The number of hydrogen-bond acceptors (Lipinski definition) is 5. The van der Waals surface area contributed by atoms with Crippen molar-refractivity contribution >= 4 is 10.4 Å². The Morgan fingerprint density at radius 3 is 2.18 bits per heavy atom. The van der Waals surface area contributed by atoms with Crippen LogP contribution in [0.3, 0.4) is 0 Å². The number of hydrogen-bond donors (Lipinski definition) is 3. The second kappa shape index (κ2) is 3.46. The van der Waals surface area contributed by atoms with Crippen LogP contribution in [0.4, 0.5) is 0 Å². The van der Waals surface area contributed by atoms with Crippen LogP contribution in [0.15, 0.2) is 0 Å². The minimum absolute atomic E-state index is 0.0727. The molecule has 0 saturated carbocycles. The molecule has 0 amide bonds. The van der Waals surface area contributed by atoms with Crippen LogP contribution in [0.1, 0.15) is 13.3 Å². The maximum absolute atomic E-state index is 10.1. The molecule has 11 heavy (non-hydrogen) atoms. The largest absolute Gasteiger partial charge is 0.399 e. The zero-order valence-electron chi connectivity index (χ0n) is 6.02. The molecule has 0 aromatic rings. The topological polar surface area (TPSA) is 110 Å². The predicted octanol–water partition coefficient (Wildman–Crippen LogP) is -1.14. The maximum atomic E-state index is 10.1. The molecule has 1 atom stereocenters. The van der Waals surface area contributed by atoms with Gasteiger partial charge in [-0.05, 0) is 6.42 Å². The van der Waals surface area contributed by atoms with Crippen LogP contribution in [-0.2, 0) is 14.6 Å². The van der Waals surface area contributed by atoms with Crippen molar-refractivity contribution in [3.05, 3.63) is 0 Å². The Morgan fingerprint density at radius 1 is 1.64 bits per heavy atom. The molecule has 0 fully saturated rings. The number of nitrogens with two attached hydrogens (primary N) is 1. The predicted molar refractivity (Wildman–Crippen MR) is 36.9 cm³/mol. The first-order valence-electron chi connectivity index (χ1n) is 2.91. The standard InChI is InChI=1S/C4H11NO5S/c1-2-4(5,3-6)10-11(7,8)9/h6H,2-3,5H2,1H3,(H,7,8,9). The van der Waals surface area contributed by atoms with Gasteiger partial charge in [0.1, 0.15) is 0 Å². The summed E-state index contributed by atoms with van der Waals surface area (Å²) < 4.78 is 32.4. The van der Waals surface area contributed by atoms with Crippen LogP contribution in [0.2, 0.25) is 0 Å². The van der Waals surface area contributed by atoms with Gasteiger partial charge in [0.25, 0.3) is 0 Å². The fraction of sp³-hybridized carbons (Fsp3) is 1.00. The van der Waals surface area contributed by atoms with Crippen molar-refractivity contribution in [1.29, 1.82) is 0 Å². The molecule has 0 aliphatic rings. The van der Waals surface area contributed by atoms with Crippen molar-refractivity contribution in [3.63, 3.8) is 0 Å². The molecule has 0 aromatic heterocycles. The lowest BCUT2D eigenvalue weighted by Crippen LogP contribution is -2.47. The molecule has 1 unspecified atom stereocenters. The Labute approximate surface area is 64.9 Å². The van der Waals surface area contributed by atoms with Gasteiger partial charge in [0.15, 0.2) is 5.72 Å². The van der Waals surface area contributed by atoms with Gasteiger partial charge in [-0.15, -0.1) is 0 Å². The van der Waals surface area contributed by atoms with Crippen LogP contribution in [0, 0.1) is 0 Å².